The number of sulfonamides is 1. The van der Waals surface area contributed by atoms with Crippen LogP contribution in [0, 0.1) is 6.92 Å². The van der Waals surface area contributed by atoms with Crippen LogP contribution in [0.4, 0.5) is 0 Å². The van der Waals surface area contributed by atoms with Gasteiger partial charge in [-0.05, 0) is 58.1 Å². The number of hydrogen-bond acceptors (Lipinski definition) is 4. The van der Waals surface area contributed by atoms with Crippen molar-refractivity contribution in [2.75, 3.05) is 20.6 Å². The number of nitrogens with two attached hydrogens (primary N) is 1. The third kappa shape index (κ3) is 4.50. The van der Waals surface area contributed by atoms with Gasteiger partial charge in [-0.15, -0.1) is 0 Å². The van der Waals surface area contributed by atoms with Crippen LogP contribution in [0.5, 0.6) is 0 Å². The minimum absolute atomic E-state index is 0.270. The molecule has 0 spiro atoms. The first kappa shape index (κ1) is 18.6. The monoisotopic (exact) mass is 377 g/mol. The average Bonchev–Trinajstić information content (AvgIpc) is 2.39. The highest BCUT2D eigenvalue weighted by Gasteiger charge is 2.25. The largest absolute Gasteiger partial charge is 0.326 e. The van der Waals surface area contributed by atoms with Crippen molar-refractivity contribution in [1.29, 1.82) is 0 Å². The summed E-state index contributed by atoms with van der Waals surface area (Å²) in [6, 6.07) is 3.48. The topological polar surface area (TPSA) is 75.4 Å². The molecule has 7 heteroatoms. The number of likely N-dealkylation sites (N-methyl/N-ethyl adjacent to an activating group) is 1. The van der Waals surface area contributed by atoms with Crippen LogP contribution in [0.3, 0.4) is 0 Å². The van der Waals surface area contributed by atoms with Crippen LogP contribution in [-0.2, 0) is 16.6 Å². The molecule has 0 aliphatic rings. The molecule has 0 unspecified atom stereocenters. The summed E-state index contributed by atoms with van der Waals surface area (Å²) in [5.74, 6) is 0. The Hall–Kier alpha value is -0.470. The molecule has 120 valence electrons. The van der Waals surface area contributed by atoms with Crippen molar-refractivity contribution in [3.05, 3.63) is 27.7 Å². The lowest BCUT2D eigenvalue weighted by Crippen LogP contribution is -2.48. The second-order valence-electron chi connectivity index (χ2n) is 5.94. The molecule has 0 fully saturated rings. The smallest absolute Gasteiger partial charge is 0.240 e. The second-order valence-corrected chi connectivity index (χ2v) is 8.53. The first-order valence-electron chi connectivity index (χ1n) is 6.67. The van der Waals surface area contributed by atoms with Crippen LogP contribution >= 0.6 is 15.9 Å². The lowest BCUT2D eigenvalue weighted by Gasteiger charge is -2.32. The Morgan fingerprint density at radius 3 is 2.38 bits per heavy atom. The Morgan fingerprint density at radius 2 is 1.90 bits per heavy atom. The summed E-state index contributed by atoms with van der Waals surface area (Å²) >= 11 is 3.39. The molecule has 21 heavy (non-hydrogen) atoms. The van der Waals surface area contributed by atoms with E-state index in [4.69, 9.17) is 5.73 Å². The van der Waals surface area contributed by atoms with Gasteiger partial charge < -0.3 is 10.6 Å². The van der Waals surface area contributed by atoms with Crippen molar-refractivity contribution >= 4 is 26.0 Å². The van der Waals surface area contributed by atoms with E-state index in [0.717, 1.165) is 10.0 Å². The summed E-state index contributed by atoms with van der Waals surface area (Å²) in [6.45, 7) is 6.36. The third-order valence-electron chi connectivity index (χ3n) is 3.79. The lowest BCUT2D eigenvalue weighted by molar-refractivity contribution is 0.199. The maximum Gasteiger partial charge on any atom is 0.240 e. The van der Waals surface area contributed by atoms with Crippen LogP contribution in [0.1, 0.15) is 25.0 Å². The Morgan fingerprint density at radius 1 is 1.33 bits per heavy atom. The van der Waals surface area contributed by atoms with E-state index in [2.05, 4.69) is 20.7 Å². The van der Waals surface area contributed by atoms with Crippen LogP contribution in [0.25, 0.3) is 0 Å². The molecule has 0 amide bonds. The standard InChI is InChI=1S/C14H24BrN3O2S/c1-10-12(15)6-11(8-16)7-13(10)21(19,20)17-9-14(2,3)18(4)5/h6-7,17H,8-9,16H2,1-5H3. The molecule has 0 aliphatic heterocycles. The number of benzene rings is 1. The van der Waals surface area contributed by atoms with Crippen molar-refractivity contribution in [1.82, 2.24) is 9.62 Å². The zero-order chi connectivity index (χ0) is 16.4. The van der Waals surface area contributed by atoms with E-state index in [-0.39, 0.29) is 10.4 Å². The van der Waals surface area contributed by atoms with Crippen molar-refractivity contribution in [2.45, 2.75) is 37.8 Å². The molecule has 3 N–H and O–H groups in total. The minimum atomic E-state index is -3.57. The first-order valence-corrected chi connectivity index (χ1v) is 8.95. The number of hydrogen-bond donors (Lipinski definition) is 2. The van der Waals surface area contributed by atoms with Gasteiger partial charge in [0.1, 0.15) is 0 Å². The molecule has 0 radical (unpaired) electrons. The predicted molar refractivity (Wildman–Crippen MR) is 89.7 cm³/mol. The molecule has 0 saturated heterocycles. The fourth-order valence-electron chi connectivity index (χ4n) is 1.61. The molecule has 0 aliphatic carbocycles. The Kier molecular flexibility index (Phi) is 5.97. The Labute approximate surface area is 136 Å². The summed E-state index contributed by atoms with van der Waals surface area (Å²) < 4.78 is 28.5. The van der Waals surface area contributed by atoms with Gasteiger partial charge in [0.05, 0.1) is 4.90 Å². The van der Waals surface area contributed by atoms with Gasteiger partial charge in [-0.2, -0.15) is 0 Å². The van der Waals surface area contributed by atoms with Gasteiger partial charge in [0.25, 0.3) is 0 Å². The van der Waals surface area contributed by atoms with E-state index >= 15 is 0 Å². The highest BCUT2D eigenvalue weighted by Crippen LogP contribution is 2.26. The fraction of sp³-hybridized carbons (Fsp3) is 0.571. The van der Waals surface area contributed by atoms with E-state index in [1.165, 1.54) is 0 Å². The molecule has 0 atom stereocenters. The van der Waals surface area contributed by atoms with Gasteiger partial charge in [-0.25, -0.2) is 13.1 Å². The van der Waals surface area contributed by atoms with Gasteiger partial charge in [0.15, 0.2) is 0 Å². The van der Waals surface area contributed by atoms with E-state index in [9.17, 15) is 8.42 Å². The highest BCUT2D eigenvalue weighted by molar-refractivity contribution is 9.10. The normalized spacial score (nSPS) is 13.0. The first-order chi connectivity index (χ1) is 9.51. The maximum atomic E-state index is 12.6. The molecule has 0 saturated carbocycles. The van der Waals surface area contributed by atoms with Gasteiger partial charge >= 0.3 is 0 Å². The van der Waals surface area contributed by atoms with Crippen molar-refractivity contribution < 1.29 is 8.42 Å². The molecular weight excluding hydrogens is 354 g/mol. The van der Waals surface area contributed by atoms with Crippen molar-refractivity contribution in [3.8, 4) is 0 Å². The predicted octanol–water partition coefficient (Wildman–Crippen LogP) is 1.83. The lowest BCUT2D eigenvalue weighted by atomic mass is 10.1. The molecule has 0 heterocycles. The van der Waals surface area contributed by atoms with Crippen LogP contribution in [0.2, 0.25) is 0 Å². The number of halogens is 1. The molecule has 5 nitrogen and oxygen atoms in total. The zero-order valence-corrected chi connectivity index (χ0v) is 15.6. The van der Waals surface area contributed by atoms with Crippen molar-refractivity contribution in [3.63, 3.8) is 0 Å². The summed E-state index contributed by atoms with van der Waals surface area (Å²) in [7, 11) is 0.269. The molecule has 1 rings (SSSR count). The number of rotatable bonds is 6. The second kappa shape index (κ2) is 6.75. The molecular formula is C14H24BrN3O2S. The van der Waals surface area contributed by atoms with Gasteiger partial charge in [0.2, 0.25) is 10.0 Å². The average molecular weight is 378 g/mol. The SMILES string of the molecule is Cc1c(Br)cc(CN)cc1S(=O)(=O)NCC(C)(C)N(C)C. The zero-order valence-electron chi connectivity index (χ0n) is 13.2. The van der Waals surface area contributed by atoms with Crippen molar-refractivity contribution in [2.24, 2.45) is 5.73 Å². The fourth-order valence-corrected chi connectivity index (χ4v) is 3.77. The van der Waals surface area contributed by atoms with Crippen LogP contribution in [-0.4, -0.2) is 39.5 Å². The van der Waals surface area contributed by atoms with E-state index in [1.807, 2.05) is 38.9 Å². The number of nitrogens with zero attached hydrogens (tertiary/aromatic N) is 1. The summed E-state index contributed by atoms with van der Waals surface area (Å²) in [4.78, 5) is 2.25. The molecule has 1 aromatic rings. The maximum absolute atomic E-state index is 12.6. The van der Waals surface area contributed by atoms with E-state index in [0.29, 0.717) is 18.7 Å². The van der Waals surface area contributed by atoms with Gasteiger partial charge in [-0.3, -0.25) is 0 Å². The third-order valence-corrected chi connectivity index (χ3v) is 6.14. The molecule has 0 bridgehead atoms. The highest BCUT2D eigenvalue weighted by atomic mass is 79.9. The van der Waals surface area contributed by atoms with Gasteiger partial charge in [0, 0.05) is 23.1 Å². The van der Waals surface area contributed by atoms with E-state index < -0.39 is 10.0 Å². The van der Waals surface area contributed by atoms with Crippen LogP contribution in [0.15, 0.2) is 21.5 Å². The Bertz CT molecular complexity index is 613. The Balaban J connectivity index is 3.12. The minimum Gasteiger partial charge on any atom is -0.326 e. The van der Waals surface area contributed by atoms with Crippen LogP contribution < -0.4 is 10.5 Å². The molecule has 1 aromatic carbocycles. The molecule has 0 aromatic heterocycles. The summed E-state index contributed by atoms with van der Waals surface area (Å²) in [5.41, 5.74) is 6.81. The van der Waals surface area contributed by atoms with E-state index in [1.54, 1.807) is 13.0 Å². The summed E-state index contributed by atoms with van der Waals surface area (Å²) in [6.07, 6.45) is 0. The number of nitrogens with one attached hydrogen (secondary N) is 1. The summed E-state index contributed by atoms with van der Waals surface area (Å²) in [5, 5.41) is 0. The quantitative estimate of drug-likeness (QED) is 0.792. The van der Waals surface area contributed by atoms with Gasteiger partial charge in [-0.1, -0.05) is 15.9 Å².